The summed E-state index contributed by atoms with van der Waals surface area (Å²) >= 11 is 0. The largest absolute Gasteiger partial charge is 0.330 e. The molecule has 0 aromatic heterocycles. The number of carbonyl (C=O) groups is 1. The van der Waals surface area contributed by atoms with Gasteiger partial charge in [0, 0.05) is 26.8 Å². The van der Waals surface area contributed by atoms with Crippen LogP contribution in [0.15, 0.2) is 24.3 Å². The van der Waals surface area contributed by atoms with Crippen LogP contribution in [0.1, 0.15) is 25.3 Å². The maximum Gasteiger partial charge on any atom is 0.323 e. The lowest BCUT2D eigenvalue weighted by Gasteiger charge is -2.24. The summed E-state index contributed by atoms with van der Waals surface area (Å²) in [4.78, 5) is 15.2. The van der Waals surface area contributed by atoms with Crippen LogP contribution in [-0.4, -0.2) is 32.1 Å². The number of hydrogen-bond acceptors (Lipinski definition) is 1. The Bertz CT molecular complexity index is 374. The van der Waals surface area contributed by atoms with Gasteiger partial charge in [-0.25, -0.2) is 4.79 Å². The van der Waals surface area contributed by atoms with E-state index in [2.05, 4.69) is 13.0 Å². The van der Waals surface area contributed by atoms with Crippen LogP contribution in [-0.2, 0) is 6.42 Å². The zero-order chi connectivity index (χ0) is 12.8. The number of hydrogen-bond donors (Lipinski definition) is 0. The zero-order valence-corrected chi connectivity index (χ0v) is 11.2. The number of aryl methyl sites for hydroxylation is 1. The molecule has 1 aromatic rings. The van der Waals surface area contributed by atoms with Gasteiger partial charge < -0.3 is 4.90 Å². The molecule has 0 aliphatic rings. The second-order valence-corrected chi connectivity index (χ2v) is 4.47. The van der Waals surface area contributed by atoms with E-state index < -0.39 is 0 Å². The lowest BCUT2D eigenvalue weighted by molar-refractivity contribution is 0.225. The van der Waals surface area contributed by atoms with E-state index in [1.807, 2.05) is 25.2 Å². The van der Waals surface area contributed by atoms with Crippen LogP contribution in [0.2, 0.25) is 0 Å². The normalized spacial score (nSPS) is 10.1. The molecule has 2 amide bonds. The van der Waals surface area contributed by atoms with Crippen LogP contribution in [0.25, 0.3) is 0 Å². The summed E-state index contributed by atoms with van der Waals surface area (Å²) < 4.78 is 0. The first kappa shape index (κ1) is 13.6. The molecule has 0 aliphatic carbocycles. The molecule has 0 spiro atoms. The molecule has 17 heavy (non-hydrogen) atoms. The minimum Gasteiger partial charge on any atom is -0.330 e. The first-order valence-corrected chi connectivity index (χ1v) is 6.10. The standard InChI is InChI=1S/C14H22N2O/c1-5-6-9-12-10-7-8-11-13(12)16(4)14(17)15(2)3/h7-8,10-11H,5-6,9H2,1-4H3. The van der Waals surface area contributed by atoms with Gasteiger partial charge in [0.2, 0.25) is 0 Å². The van der Waals surface area contributed by atoms with Crippen molar-refractivity contribution in [2.24, 2.45) is 0 Å². The summed E-state index contributed by atoms with van der Waals surface area (Å²) in [5.41, 5.74) is 2.26. The van der Waals surface area contributed by atoms with Gasteiger partial charge in [0.25, 0.3) is 0 Å². The first-order valence-electron chi connectivity index (χ1n) is 6.10. The number of para-hydroxylation sites is 1. The van der Waals surface area contributed by atoms with E-state index in [1.165, 1.54) is 12.0 Å². The third-order valence-electron chi connectivity index (χ3n) is 2.82. The molecule has 0 saturated carbocycles. The molecule has 1 aromatic carbocycles. The van der Waals surface area contributed by atoms with Crippen LogP contribution < -0.4 is 4.90 Å². The van der Waals surface area contributed by atoms with E-state index in [9.17, 15) is 4.79 Å². The van der Waals surface area contributed by atoms with Crippen molar-refractivity contribution in [2.75, 3.05) is 26.0 Å². The van der Waals surface area contributed by atoms with E-state index in [1.54, 1.807) is 23.9 Å². The summed E-state index contributed by atoms with van der Waals surface area (Å²) in [5, 5.41) is 0. The third-order valence-corrected chi connectivity index (χ3v) is 2.82. The molecule has 0 aliphatic heterocycles. The number of carbonyl (C=O) groups excluding carboxylic acids is 1. The molecule has 94 valence electrons. The molecule has 0 atom stereocenters. The second kappa shape index (κ2) is 6.28. The van der Waals surface area contributed by atoms with Gasteiger partial charge in [0.15, 0.2) is 0 Å². The molecule has 0 N–H and O–H groups in total. The first-order chi connectivity index (χ1) is 8.07. The van der Waals surface area contributed by atoms with E-state index in [4.69, 9.17) is 0 Å². The van der Waals surface area contributed by atoms with Crippen LogP contribution in [0.4, 0.5) is 10.5 Å². The van der Waals surface area contributed by atoms with E-state index in [0.29, 0.717) is 0 Å². The van der Waals surface area contributed by atoms with E-state index in [0.717, 1.165) is 18.5 Å². The number of anilines is 1. The van der Waals surface area contributed by atoms with E-state index in [-0.39, 0.29) is 6.03 Å². The Labute approximate surface area is 104 Å². The quantitative estimate of drug-likeness (QED) is 0.785. The highest BCUT2D eigenvalue weighted by Gasteiger charge is 2.15. The smallest absolute Gasteiger partial charge is 0.323 e. The van der Waals surface area contributed by atoms with E-state index >= 15 is 0 Å². The number of urea groups is 1. The SMILES string of the molecule is CCCCc1ccccc1N(C)C(=O)N(C)C. The van der Waals surface area contributed by atoms with Crippen molar-refractivity contribution < 1.29 is 4.79 Å². The van der Waals surface area contributed by atoms with Gasteiger partial charge >= 0.3 is 6.03 Å². The van der Waals surface area contributed by atoms with Crippen molar-refractivity contribution in [3.8, 4) is 0 Å². The monoisotopic (exact) mass is 234 g/mol. The highest BCUT2D eigenvalue weighted by Crippen LogP contribution is 2.21. The minimum absolute atomic E-state index is 0.00829. The average Bonchev–Trinajstić information content (AvgIpc) is 2.34. The third kappa shape index (κ3) is 3.48. The fourth-order valence-electron chi connectivity index (χ4n) is 1.82. The van der Waals surface area contributed by atoms with Gasteiger partial charge in [-0.05, 0) is 24.5 Å². The average molecular weight is 234 g/mol. The van der Waals surface area contributed by atoms with Crippen molar-refractivity contribution >= 4 is 11.7 Å². The molecule has 0 saturated heterocycles. The summed E-state index contributed by atoms with van der Waals surface area (Å²) in [5.74, 6) is 0. The van der Waals surface area contributed by atoms with Crippen LogP contribution in [0.5, 0.6) is 0 Å². The molecule has 3 nitrogen and oxygen atoms in total. The summed E-state index contributed by atoms with van der Waals surface area (Å²) in [7, 11) is 5.37. The van der Waals surface area contributed by atoms with Crippen molar-refractivity contribution in [3.05, 3.63) is 29.8 Å². The highest BCUT2D eigenvalue weighted by atomic mass is 16.2. The lowest BCUT2D eigenvalue weighted by Crippen LogP contribution is -2.36. The topological polar surface area (TPSA) is 23.6 Å². The van der Waals surface area contributed by atoms with Crippen molar-refractivity contribution in [1.82, 2.24) is 4.90 Å². The molecule has 0 heterocycles. The Morgan fingerprint density at radius 1 is 1.18 bits per heavy atom. The highest BCUT2D eigenvalue weighted by molar-refractivity contribution is 5.91. The van der Waals surface area contributed by atoms with Gasteiger partial charge in [-0.3, -0.25) is 4.90 Å². The number of nitrogens with zero attached hydrogens (tertiary/aromatic N) is 2. The Balaban J connectivity index is 2.92. The Morgan fingerprint density at radius 2 is 1.82 bits per heavy atom. The van der Waals surface area contributed by atoms with Crippen LogP contribution >= 0.6 is 0 Å². The van der Waals surface area contributed by atoms with Crippen molar-refractivity contribution in [3.63, 3.8) is 0 Å². The van der Waals surface area contributed by atoms with Crippen LogP contribution in [0, 0.1) is 0 Å². The predicted octanol–water partition coefficient (Wildman–Crippen LogP) is 3.15. The van der Waals surface area contributed by atoms with Gasteiger partial charge in [-0.1, -0.05) is 31.5 Å². The minimum atomic E-state index is 0.00829. The molecule has 0 radical (unpaired) electrons. The summed E-state index contributed by atoms with van der Waals surface area (Å²) in [6.45, 7) is 2.18. The van der Waals surface area contributed by atoms with Gasteiger partial charge in [0.05, 0.1) is 0 Å². The molecular formula is C14H22N2O. The predicted molar refractivity (Wildman–Crippen MR) is 72.5 cm³/mol. The number of rotatable bonds is 4. The molecule has 0 bridgehead atoms. The Kier molecular flexibility index (Phi) is 5.01. The molecule has 0 unspecified atom stereocenters. The molecule has 1 rings (SSSR count). The molecule has 0 fully saturated rings. The van der Waals surface area contributed by atoms with Crippen molar-refractivity contribution in [1.29, 1.82) is 0 Å². The maximum atomic E-state index is 11.9. The summed E-state index contributed by atoms with van der Waals surface area (Å²) in [6, 6.07) is 8.12. The Morgan fingerprint density at radius 3 is 2.41 bits per heavy atom. The number of amides is 2. The molecular weight excluding hydrogens is 212 g/mol. The van der Waals surface area contributed by atoms with Gasteiger partial charge in [-0.2, -0.15) is 0 Å². The fraction of sp³-hybridized carbons (Fsp3) is 0.500. The van der Waals surface area contributed by atoms with Crippen LogP contribution in [0.3, 0.4) is 0 Å². The second-order valence-electron chi connectivity index (χ2n) is 4.47. The summed E-state index contributed by atoms with van der Waals surface area (Å²) in [6.07, 6.45) is 3.35. The van der Waals surface area contributed by atoms with Gasteiger partial charge in [0.1, 0.15) is 0 Å². The zero-order valence-electron chi connectivity index (χ0n) is 11.2. The lowest BCUT2D eigenvalue weighted by atomic mass is 10.1. The fourth-order valence-corrected chi connectivity index (χ4v) is 1.82. The molecule has 3 heteroatoms. The van der Waals surface area contributed by atoms with Gasteiger partial charge in [-0.15, -0.1) is 0 Å². The number of benzene rings is 1. The number of unbranched alkanes of at least 4 members (excludes halogenated alkanes) is 1. The Hall–Kier alpha value is -1.51. The van der Waals surface area contributed by atoms with Crippen molar-refractivity contribution in [2.45, 2.75) is 26.2 Å². The maximum absolute atomic E-state index is 11.9.